The van der Waals surface area contributed by atoms with E-state index < -0.39 is 0 Å². The Kier molecular flexibility index (Phi) is 5.74. The quantitative estimate of drug-likeness (QED) is 0.496. The number of halogens is 1. The molecule has 0 bridgehead atoms. The van der Waals surface area contributed by atoms with Crippen LogP contribution in [-0.2, 0) is 4.79 Å². The van der Waals surface area contributed by atoms with Crippen molar-refractivity contribution in [1.29, 1.82) is 0 Å². The van der Waals surface area contributed by atoms with Crippen molar-refractivity contribution >= 4 is 41.0 Å². The Morgan fingerprint density at radius 2 is 1.62 bits per heavy atom. The van der Waals surface area contributed by atoms with E-state index >= 15 is 0 Å². The molecular formula is C24H18ClNO2S. The van der Waals surface area contributed by atoms with Gasteiger partial charge in [-0.15, -0.1) is 0 Å². The number of rotatable bonds is 4. The third kappa shape index (κ3) is 4.39. The molecule has 144 valence electrons. The highest BCUT2D eigenvalue weighted by atomic mass is 35.5. The van der Waals surface area contributed by atoms with Gasteiger partial charge in [-0.1, -0.05) is 78.0 Å². The van der Waals surface area contributed by atoms with E-state index in [1.165, 1.54) is 11.8 Å². The number of amides is 1. The minimum Gasteiger partial charge on any atom is -0.508 e. The van der Waals surface area contributed by atoms with E-state index in [-0.39, 0.29) is 17.0 Å². The van der Waals surface area contributed by atoms with Crippen molar-refractivity contribution in [2.45, 2.75) is 5.37 Å². The van der Waals surface area contributed by atoms with Gasteiger partial charge >= 0.3 is 0 Å². The van der Waals surface area contributed by atoms with E-state index in [0.717, 1.165) is 16.8 Å². The zero-order chi connectivity index (χ0) is 20.2. The lowest BCUT2D eigenvalue weighted by Crippen LogP contribution is -2.27. The van der Waals surface area contributed by atoms with Crippen LogP contribution in [0.15, 0.2) is 95.9 Å². The van der Waals surface area contributed by atoms with Crippen molar-refractivity contribution in [1.82, 2.24) is 0 Å². The van der Waals surface area contributed by atoms with Crippen molar-refractivity contribution < 1.29 is 9.90 Å². The number of carbonyl (C=O) groups is 1. The van der Waals surface area contributed by atoms with Crippen LogP contribution in [0.5, 0.6) is 5.75 Å². The average molecular weight is 420 g/mol. The van der Waals surface area contributed by atoms with Gasteiger partial charge in [-0.05, 0) is 53.6 Å². The molecule has 1 aliphatic heterocycles. The molecule has 0 aliphatic carbocycles. The van der Waals surface area contributed by atoms with Gasteiger partial charge in [-0.2, -0.15) is 0 Å². The third-order valence-electron chi connectivity index (χ3n) is 4.52. The molecular weight excluding hydrogens is 402 g/mol. The van der Waals surface area contributed by atoms with Crippen molar-refractivity contribution in [3.63, 3.8) is 0 Å². The maximum Gasteiger partial charge on any atom is 0.266 e. The van der Waals surface area contributed by atoms with Crippen LogP contribution >= 0.6 is 23.4 Å². The maximum absolute atomic E-state index is 13.2. The molecule has 0 radical (unpaired) electrons. The number of phenols is 1. The standard InChI is InChI=1S/C24H18ClNO2S/c25-19-11-9-18(10-12-19)24-26(20-13-15-21(27)16-14-20)23(28)22(29-24)8-4-7-17-5-2-1-3-6-17/h1-16,24,27H. The Hall–Kier alpha value is -2.95. The highest BCUT2D eigenvalue weighted by Gasteiger charge is 2.37. The molecule has 3 aromatic rings. The molecule has 1 fully saturated rings. The highest BCUT2D eigenvalue weighted by molar-refractivity contribution is 8.05. The van der Waals surface area contributed by atoms with Crippen LogP contribution in [0.3, 0.4) is 0 Å². The van der Waals surface area contributed by atoms with Gasteiger partial charge in [0, 0.05) is 10.7 Å². The summed E-state index contributed by atoms with van der Waals surface area (Å²) >= 11 is 7.54. The Bertz CT molecular complexity index is 1060. The van der Waals surface area contributed by atoms with Gasteiger partial charge in [-0.3, -0.25) is 9.69 Å². The zero-order valence-corrected chi connectivity index (χ0v) is 17.0. The average Bonchev–Trinajstić information content (AvgIpc) is 3.06. The Labute approximate surface area is 178 Å². The Morgan fingerprint density at radius 1 is 0.931 bits per heavy atom. The monoisotopic (exact) mass is 419 g/mol. The molecule has 1 heterocycles. The first-order valence-electron chi connectivity index (χ1n) is 9.10. The number of allylic oxidation sites excluding steroid dienone is 2. The van der Waals surface area contributed by atoms with Crippen LogP contribution < -0.4 is 4.90 Å². The summed E-state index contributed by atoms with van der Waals surface area (Å²) in [5, 5.41) is 10.1. The largest absolute Gasteiger partial charge is 0.508 e. The van der Waals surface area contributed by atoms with Crippen LogP contribution in [0.4, 0.5) is 5.69 Å². The van der Waals surface area contributed by atoms with E-state index in [1.807, 2.05) is 72.8 Å². The fourth-order valence-electron chi connectivity index (χ4n) is 3.08. The molecule has 1 unspecified atom stereocenters. The van der Waals surface area contributed by atoms with Crippen molar-refractivity contribution in [2.24, 2.45) is 0 Å². The molecule has 0 spiro atoms. The lowest BCUT2D eigenvalue weighted by Gasteiger charge is -2.23. The minimum absolute atomic E-state index is 0.0710. The number of anilines is 1. The van der Waals surface area contributed by atoms with Crippen molar-refractivity contribution in [2.75, 3.05) is 4.90 Å². The van der Waals surface area contributed by atoms with Crippen LogP contribution in [0.25, 0.3) is 6.08 Å². The summed E-state index contributed by atoms with van der Waals surface area (Å²) in [5.41, 5.74) is 2.79. The minimum atomic E-state index is -0.208. The summed E-state index contributed by atoms with van der Waals surface area (Å²) in [6, 6.07) is 24.1. The van der Waals surface area contributed by atoms with Gasteiger partial charge in [0.15, 0.2) is 0 Å². The van der Waals surface area contributed by atoms with Crippen LogP contribution in [-0.4, -0.2) is 11.0 Å². The lowest BCUT2D eigenvalue weighted by molar-refractivity contribution is -0.114. The Balaban J connectivity index is 1.67. The summed E-state index contributed by atoms with van der Waals surface area (Å²) in [4.78, 5) is 15.6. The number of carbonyl (C=O) groups excluding carboxylic acids is 1. The fraction of sp³-hybridized carbons (Fsp3) is 0.0417. The predicted molar refractivity (Wildman–Crippen MR) is 121 cm³/mol. The zero-order valence-electron chi connectivity index (χ0n) is 15.4. The number of nitrogens with zero attached hydrogens (tertiary/aromatic N) is 1. The number of aromatic hydroxyl groups is 1. The van der Waals surface area contributed by atoms with E-state index in [4.69, 9.17) is 11.6 Å². The van der Waals surface area contributed by atoms with Crippen molar-refractivity contribution in [3.8, 4) is 5.75 Å². The highest BCUT2D eigenvalue weighted by Crippen LogP contribution is 2.48. The summed E-state index contributed by atoms with van der Waals surface area (Å²) in [6.07, 6.45) is 5.72. The van der Waals surface area contributed by atoms with E-state index in [1.54, 1.807) is 29.2 Å². The van der Waals surface area contributed by atoms with E-state index in [0.29, 0.717) is 9.93 Å². The summed E-state index contributed by atoms with van der Waals surface area (Å²) in [7, 11) is 0. The molecule has 1 aliphatic rings. The molecule has 1 atom stereocenters. The summed E-state index contributed by atoms with van der Waals surface area (Å²) in [5.74, 6) is 0.0935. The first-order chi connectivity index (χ1) is 14.1. The van der Waals surface area contributed by atoms with Gasteiger partial charge in [-0.25, -0.2) is 0 Å². The van der Waals surface area contributed by atoms with E-state index in [2.05, 4.69) is 0 Å². The smallest absolute Gasteiger partial charge is 0.266 e. The maximum atomic E-state index is 13.2. The molecule has 1 amide bonds. The first-order valence-corrected chi connectivity index (χ1v) is 10.4. The molecule has 5 heteroatoms. The molecule has 0 saturated carbocycles. The van der Waals surface area contributed by atoms with E-state index in [9.17, 15) is 9.90 Å². The summed E-state index contributed by atoms with van der Waals surface area (Å²) < 4.78 is 0. The van der Waals surface area contributed by atoms with Crippen LogP contribution in [0.1, 0.15) is 16.5 Å². The number of hydrogen-bond acceptors (Lipinski definition) is 3. The van der Waals surface area contributed by atoms with Gasteiger partial charge < -0.3 is 5.11 Å². The second-order valence-electron chi connectivity index (χ2n) is 6.51. The van der Waals surface area contributed by atoms with Gasteiger partial charge in [0.2, 0.25) is 0 Å². The van der Waals surface area contributed by atoms with Gasteiger partial charge in [0.25, 0.3) is 5.91 Å². The number of thioether (sulfide) groups is 1. The number of hydrogen-bond donors (Lipinski definition) is 1. The van der Waals surface area contributed by atoms with Gasteiger partial charge in [0.1, 0.15) is 11.1 Å². The predicted octanol–water partition coefficient (Wildman–Crippen LogP) is 6.42. The second kappa shape index (κ2) is 8.60. The Morgan fingerprint density at radius 3 is 2.31 bits per heavy atom. The fourth-order valence-corrected chi connectivity index (χ4v) is 4.42. The summed E-state index contributed by atoms with van der Waals surface area (Å²) in [6.45, 7) is 0. The first kappa shape index (κ1) is 19.4. The number of phenolic OH excluding ortho intramolecular Hbond substituents is 1. The number of benzene rings is 3. The third-order valence-corrected chi connectivity index (χ3v) is 6.04. The molecule has 29 heavy (non-hydrogen) atoms. The normalized spacial score (nSPS) is 18.1. The SMILES string of the molecule is O=C1C(=CC=Cc2ccccc2)SC(c2ccc(Cl)cc2)N1c1ccc(O)cc1. The van der Waals surface area contributed by atoms with Gasteiger partial charge in [0.05, 0.1) is 4.91 Å². The molecule has 1 N–H and O–H groups in total. The lowest BCUT2D eigenvalue weighted by atomic mass is 10.2. The van der Waals surface area contributed by atoms with Crippen LogP contribution in [0, 0.1) is 0 Å². The second-order valence-corrected chi connectivity index (χ2v) is 8.07. The molecule has 3 aromatic carbocycles. The topological polar surface area (TPSA) is 40.5 Å². The van der Waals surface area contributed by atoms with Crippen molar-refractivity contribution in [3.05, 3.63) is 112 Å². The molecule has 4 rings (SSSR count). The molecule has 3 nitrogen and oxygen atoms in total. The molecule has 1 saturated heterocycles. The molecule has 0 aromatic heterocycles. The van der Waals surface area contributed by atoms with Crippen LogP contribution in [0.2, 0.25) is 5.02 Å².